The van der Waals surface area contributed by atoms with Crippen LogP contribution in [0.5, 0.6) is 0 Å². The van der Waals surface area contributed by atoms with Crippen LogP contribution >= 0.6 is 11.8 Å². The van der Waals surface area contributed by atoms with E-state index in [2.05, 4.69) is 12.2 Å². The van der Waals surface area contributed by atoms with Crippen LogP contribution in [0.2, 0.25) is 0 Å². The number of benzene rings is 1. The lowest BCUT2D eigenvalue weighted by Gasteiger charge is -2.17. The minimum Gasteiger partial charge on any atom is -0.352 e. The van der Waals surface area contributed by atoms with Crippen LogP contribution in [0.25, 0.3) is 0 Å². The predicted octanol–water partition coefficient (Wildman–Crippen LogP) is 4.10. The third-order valence-corrected chi connectivity index (χ3v) is 4.73. The fourth-order valence-corrected chi connectivity index (χ4v) is 3.29. The molecule has 1 saturated carbocycles. The summed E-state index contributed by atoms with van der Waals surface area (Å²) in [5.74, 6) is 0.508. The molecule has 1 aliphatic carbocycles. The van der Waals surface area contributed by atoms with Crippen LogP contribution < -0.4 is 5.32 Å². The van der Waals surface area contributed by atoms with E-state index in [9.17, 15) is 18.0 Å². The average molecular weight is 317 g/mol. The zero-order valence-corrected chi connectivity index (χ0v) is 12.6. The van der Waals surface area contributed by atoms with Crippen molar-refractivity contribution in [1.29, 1.82) is 0 Å². The average Bonchev–Trinajstić information content (AvgIpc) is 2.81. The summed E-state index contributed by atoms with van der Waals surface area (Å²) in [6.45, 7) is 2.11. The Hall–Kier alpha value is -1.17. The third kappa shape index (κ3) is 4.66. The molecule has 1 fully saturated rings. The number of carbonyl (C=O) groups excluding carboxylic acids is 1. The Morgan fingerprint density at radius 2 is 2.14 bits per heavy atom. The summed E-state index contributed by atoms with van der Waals surface area (Å²) in [5, 5.41) is 2.96. The van der Waals surface area contributed by atoms with Gasteiger partial charge in [0, 0.05) is 10.9 Å². The summed E-state index contributed by atoms with van der Waals surface area (Å²) in [4.78, 5) is 12.3. The molecule has 0 aliphatic heterocycles. The van der Waals surface area contributed by atoms with Crippen molar-refractivity contribution in [3.63, 3.8) is 0 Å². The lowest BCUT2D eigenvalue weighted by molar-refractivity contribution is -0.137. The molecule has 116 valence electrons. The second-order valence-electron chi connectivity index (χ2n) is 5.40. The van der Waals surface area contributed by atoms with Crippen molar-refractivity contribution < 1.29 is 18.0 Å². The number of carbonyl (C=O) groups is 1. The Bertz CT molecular complexity index is 504. The van der Waals surface area contributed by atoms with Gasteiger partial charge in [0.2, 0.25) is 5.91 Å². The highest BCUT2D eigenvalue weighted by molar-refractivity contribution is 8.00. The van der Waals surface area contributed by atoms with Crippen LogP contribution in [0, 0.1) is 5.92 Å². The van der Waals surface area contributed by atoms with Gasteiger partial charge < -0.3 is 5.32 Å². The number of nitrogens with one attached hydrogen (secondary N) is 1. The zero-order valence-electron chi connectivity index (χ0n) is 11.7. The quantitative estimate of drug-likeness (QED) is 0.847. The molecule has 1 N–H and O–H groups in total. The van der Waals surface area contributed by atoms with E-state index in [1.807, 2.05) is 0 Å². The van der Waals surface area contributed by atoms with Crippen molar-refractivity contribution >= 4 is 17.7 Å². The highest BCUT2D eigenvalue weighted by Crippen LogP contribution is 2.32. The van der Waals surface area contributed by atoms with Gasteiger partial charge in [-0.2, -0.15) is 13.2 Å². The van der Waals surface area contributed by atoms with Crippen LogP contribution in [-0.4, -0.2) is 17.7 Å². The standard InChI is InChI=1S/C15H18F3NOS/c1-10-4-2-7-13(10)19-14(20)9-21-12-6-3-5-11(8-12)15(16,17)18/h3,5-6,8,10,13H,2,4,7,9H2,1H3,(H,19,20). The van der Waals surface area contributed by atoms with Gasteiger partial charge in [-0.1, -0.05) is 19.4 Å². The number of amides is 1. The first kappa shape index (κ1) is 16.2. The lowest BCUT2D eigenvalue weighted by Crippen LogP contribution is -2.37. The Morgan fingerprint density at radius 1 is 1.38 bits per heavy atom. The van der Waals surface area contributed by atoms with E-state index in [0.717, 1.165) is 43.2 Å². The third-order valence-electron chi connectivity index (χ3n) is 3.74. The molecule has 0 radical (unpaired) electrons. The molecule has 0 saturated heterocycles. The van der Waals surface area contributed by atoms with E-state index in [-0.39, 0.29) is 17.7 Å². The minimum atomic E-state index is -4.35. The van der Waals surface area contributed by atoms with E-state index in [1.54, 1.807) is 6.07 Å². The van der Waals surface area contributed by atoms with Gasteiger partial charge in [0.05, 0.1) is 11.3 Å². The topological polar surface area (TPSA) is 29.1 Å². The first-order valence-corrected chi connectivity index (χ1v) is 7.94. The van der Waals surface area contributed by atoms with Crippen LogP contribution in [0.15, 0.2) is 29.2 Å². The van der Waals surface area contributed by atoms with Crippen LogP contribution in [-0.2, 0) is 11.0 Å². The fraction of sp³-hybridized carbons (Fsp3) is 0.533. The first-order chi connectivity index (χ1) is 9.86. The molecule has 1 aromatic rings. The van der Waals surface area contributed by atoms with E-state index in [0.29, 0.717) is 10.8 Å². The number of hydrogen-bond donors (Lipinski definition) is 1. The molecular formula is C15H18F3NOS. The van der Waals surface area contributed by atoms with Crippen molar-refractivity contribution in [3.05, 3.63) is 29.8 Å². The van der Waals surface area contributed by atoms with Crippen molar-refractivity contribution in [2.45, 2.75) is 43.3 Å². The molecule has 0 spiro atoms. The van der Waals surface area contributed by atoms with E-state index in [4.69, 9.17) is 0 Å². The van der Waals surface area contributed by atoms with Gasteiger partial charge >= 0.3 is 6.18 Å². The van der Waals surface area contributed by atoms with Gasteiger partial charge in [0.25, 0.3) is 0 Å². The number of alkyl halides is 3. The second-order valence-corrected chi connectivity index (χ2v) is 6.45. The predicted molar refractivity (Wildman–Crippen MR) is 77.1 cm³/mol. The van der Waals surface area contributed by atoms with Gasteiger partial charge in [-0.3, -0.25) is 4.79 Å². The summed E-state index contributed by atoms with van der Waals surface area (Å²) in [6.07, 6.45) is -1.13. The maximum Gasteiger partial charge on any atom is 0.416 e. The molecule has 1 aromatic carbocycles. The summed E-state index contributed by atoms with van der Waals surface area (Å²) in [7, 11) is 0. The SMILES string of the molecule is CC1CCCC1NC(=O)CSc1cccc(C(F)(F)F)c1. The smallest absolute Gasteiger partial charge is 0.352 e. The summed E-state index contributed by atoms with van der Waals surface area (Å²) >= 11 is 1.13. The molecule has 0 bridgehead atoms. The van der Waals surface area contributed by atoms with Crippen molar-refractivity contribution in [3.8, 4) is 0 Å². The lowest BCUT2D eigenvalue weighted by atomic mass is 10.1. The van der Waals surface area contributed by atoms with E-state index in [1.165, 1.54) is 6.07 Å². The maximum atomic E-state index is 12.6. The van der Waals surface area contributed by atoms with Crippen LogP contribution in [0.1, 0.15) is 31.7 Å². The number of hydrogen-bond acceptors (Lipinski definition) is 2. The molecule has 0 heterocycles. The molecule has 2 unspecified atom stereocenters. The number of thioether (sulfide) groups is 1. The van der Waals surface area contributed by atoms with Gasteiger partial charge in [0.15, 0.2) is 0 Å². The molecule has 1 aliphatic rings. The monoisotopic (exact) mass is 317 g/mol. The van der Waals surface area contributed by atoms with Gasteiger partial charge in [0.1, 0.15) is 0 Å². The Labute approximate surface area is 126 Å². The fourth-order valence-electron chi connectivity index (χ4n) is 2.52. The van der Waals surface area contributed by atoms with Crippen molar-refractivity contribution in [1.82, 2.24) is 5.32 Å². The van der Waals surface area contributed by atoms with Gasteiger partial charge in [-0.25, -0.2) is 0 Å². The zero-order chi connectivity index (χ0) is 15.5. The second kappa shape index (κ2) is 6.73. The first-order valence-electron chi connectivity index (χ1n) is 6.95. The van der Waals surface area contributed by atoms with Gasteiger partial charge in [-0.15, -0.1) is 11.8 Å². The highest BCUT2D eigenvalue weighted by atomic mass is 32.2. The molecule has 21 heavy (non-hydrogen) atoms. The molecule has 2 nitrogen and oxygen atoms in total. The molecule has 0 aromatic heterocycles. The largest absolute Gasteiger partial charge is 0.416 e. The van der Waals surface area contributed by atoms with E-state index < -0.39 is 11.7 Å². The summed E-state index contributed by atoms with van der Waals surface area (Å²) < 4.78 is 37.8. The van der Waals surface area contributed by atoms with Crippen LogP contribution in [0.4, 0.5) is 13.2 Å². The van der Waals surface area contributed by atoms with Crippen molar-refractivity contribution in [2.75, 3.05) is 5.75 Å². The molecule has 1 amide bonds. The molecule has 6 heteroatoms. The summed E-state index contributed by atoms with van der Waals surface area (Å²) in [6, 6.07) is 5.27. The molecular weight excluding hydrogens is 299 g/mol. The Morgan fingerprint density at radius 3 is 2.76 bits per heavy atom. The highest BCUT2D eigenvalue weighted by Gasteiger charge is 2.30. The normalized spacial score (nSPS) is 22.3. The van der Waals surface area contributed by atoms with Gasteiger partial charge in [-0.05, 0) is 37.0 Å². The number of halogens is 3. The molecule has 2 rings (SSSR count). The Balaban J connectivity index is 1.86. The maximum absolute atomic E-state index is 12.6. The summed E-state index contributed by atoms with van der Waals surface area (Å²) in [5.41, 5.74) is -0.683. The number of rotatable bonds is 4. The van der Waals surface area contributed by atoms with E-state index >= 15 is 0 Å². The minimum absolute atomic E-state index is 0.115. The van der Waals surface area contributed by atoms with Crippen LogP contribution in [0.3, 0.4) is 0 Å². The van der Waals surface area contributed by atoms with Crippen molar-refractivity contribution in [2.24, 2.45) is 5.92 Å². The Kier molecular flexibility index (Phi) is 5.19. The molecule has 2 atom stereocenters.